The highest BCUT2D eigenvalue weighted by molar-refractivity contribution is 8.26. The molecule has 1 aliphatic rings. The van der Waals surface area contributed by atoms with Crippen LogP contribution in [0.1, 0.15) is 11.1 Å². The van der Waals surface area contributed by atoms with E-state index in [2.05, 4.69) is 5.10 Å². The Balaban J connectivity index is 1.53. The number of benzene rings is 3. The van der Waals surface area contributed by atoms with Crippen LogP contribution in [0.25, 0.3) is 6.08 Å². The quantitative estimate of drug-likeness (QED) is 0.168. The maximum absolute atomic E-state index is 12.8. The Morgan fingerprint density at radius 2 is 1.82 bits per heavy atom. The molecule has 0 atom stereocenters. The van der Waals surface area contributed by atoms with Crippen LogP contribution in [0.4, 0.5) is 5.69 Å². The van der Waals surface area contributed by atoms with Crippen LogP contribution in [0, 0.1) is 10.1 Å². The lowest BCUT2D eigenvalue weighted by molar-refractivity contribution is -0.384. The van der Waals surface area contributed by atoms with Gasteiger partial charge in [-0.15, -0.1) is 0 Å². The van der Waals surface area contributed by atoms with Crippen molar-refractivity contribution in [3.63, 3.8) is 0 Å². The largest absolute Gasteiger partial charge is 0.507 e. The monoisotopic (exact) mass is 477 g/mol. The highest BCUT2D eigenvalue weighted by Gasteiger charge is 2.32. The van der Waals surface area contributed by atoms with Crippen LogP contribution in [0.3, 0.4) is 0 Å². The van der Waals surface area contributed by atoms with Crippen LogP contribution >= 0.6 is 24.0 Å². The Kier molecular flexibility index (Phi) is 6.48. The zero-order valence-corrected chi connectivity index (χ0v) is 18.5. The Morgan fingerprint density at radius 1 is 1.06 bits per heavy atom. The number of hydrazone groups is 1. The van der Waals surface area contributed by atoms with Crippen LogP contribution in [0.15, 0.2) is 82.8 Å². The molecule has 1 aliphatic heterocycles. The molecule has 164 valence electrons. The Bertz CT molecular complexity index is 1310. The van der Waals surface area contributed by atoms with E-state index >= 15 is 0 Å². The van der Waals surface area contributed by atoms with Crippen molar-refractivity contribution in [2.24, 2.45) is 5.10 Å². The summed E-state index contributed by atoms with van der Waals surface area (Å²) in [6.07, 6.45) is 2.84. The van der Waals surface area contributed by atoms with Gasteiger partial charge in [-0.2, -0.15) is 10.1 Å². The number of rotatable bonds is 6. The summed E-state index contributed by atoms with van der Waals surface area (Å²) in [4.78, 5) is 23.5. The van der Waals surface area contributed by atoms with Gasteiger partial charge in [-0.25, -0.2) is 0 Å². The number of non-ortho nitro benzene ring substituents is 1. The van der Waals surface area contributed by atoms with E-state index in [4.69, 9.17) is 17.0 Å². The number of thioether (sulfide) groups is 1. The van der Waals surface area contributed by atoms with Crippen LogP contribution in [-0.4, -0.2) is 31.5 Å². The molecule has 0 saturated carbocycles. The average molecular weight is 478 g/mol. The van der Waals surface area contributed by atoms with Crippen molar-refractivity contribution >= 4 is 52.2 Å². The van der Waals surface area contributed by atoms with Gasteiger partial charge in [0.25, 0.3) is 11.6 Å². The van der Waals surface area contributed by atoms with Gasteiger partial charge in [0.1, 0.15) is 17.2 Å². The lowest BCUT2D eigenvalue weighted by Crippen LogP contribution is -2.22. The normalized spacial score (nSPS) is 14.9. The summed E-state index contributed by atoms with van der Waals surface area (Å²) in [7, 11) is 0. The summed E-state index contributed by atoms with van der Waals surface area (Å²) in [5, 5.41) is 25.9. The van der Waals surface area contributed by atoms with Crippen molar-refractivity contribution in [1.82, 2.24) is 5.01 Å². The number of hydrogen-bond acceptors (Lipinski definition) is 8. The van der Waals surface area contributed by atoms with Crippen molar-refractivity contribution in [1.29, 1.82) is 0 Å². The summed E-state index contributed by atoms with van der Waals surface area (Å²) >= 11 is 6.33. The fourth-order valence-electron chi connectivity index (χ4n) is 2.88. The molecular weight excluding hydrogens is 462 g/mol. The van der Waals surface area contributed by atoms with Gasteiger partial charge in [0.05, 0.1) is 16.0 Å². The second-order valence-corrected chi connectivity index (χ2v) is 8.40. The molecular formula is C23H15N3O5S2. The van der Waals surface area contributed by atoms with E-state index in [1.807, 2.05) is 48.5 Å². The number of ether oxygens (including phenoxy) is 1. The van der Waals surface area contributed by atoms with Gasteiger partial charge in [-0.1, -0.05) is 42.1 Å². The van der Waals surface area contributed by atoms with E-state index in [1.54, 1.807) is 12.1 Å². The summed E-state index contributed by atoms with van der Waals surface area (Å²) in [5.41, 5.74) is 0.620. The van der Waals surface area contributed by atoms with Crippen molar-refractivity contribution in [2.75, 3.05) is 0 Å². The van der Waals surface area contributed by atoms with E-state index in [1.165, 1.54) is 12.1 Å². The van der Waals surface area contributed by atoms with Gasteiger partial charge in [0, 0.05) is 17.7 Å². The number of nitro groups is 1. The van der Waals surface area contributed by atoms with Crippen molar-refractivity contribution in [2.45, 2.75) is 0 Å². The number of carbonyl (C=O) groups is 1. The van der Waals surface area contributed by atoms with Gasteiger partial charge < -0.3 is 9.84 Å². The highest BCUT2D eigenvalue weighted by Crippen LogP contribution is 2.34. The first-order chi connectivity index (χ1) is 15.9. The second-order valence-electron chi connectivity index (χ2n) is 6.73. The molecule has 1 heterocycles. The smallest absolute Gasteiger partial charge is 0.286 e. The van der Waals surface area contributed by atoms with E-state index in [0.717, 1.165) is 34.6 Å². The van der Waals surface area contributed by atoms with Crippen LogP contribution < -0.4 is 4.74 Å². The topological polar surface area (TPSA) is 105 Å². The first-order valence-electron chi connectivity index (χ1n) is 9.53. The molecule has 1 amide bonds. The molecule has 0 unspecified atom stereocenters. The van der Waals surface area contributed by atoms with E-state index in [-0.39, 0.29) is 21.3 Å². The highest BCUT2D eigenvalue weighted by atomic mass is 32.2. The van der Waals surface area contributed by atoms with Crippen LogP contribution in [0.2, 0.25) is 0 Å². The molecule has 0 spiro atoms. The molecule has 8 nitrogen and oxygen atoms in total. The van der Waals surface area contributed by atoms with E-state index in [9.17, 15) is 20.0 Å². The minimum atomic E-state index is -0.589. The van der Waals surface area contributed by atoms with Crippen LogP contribution in [-0.2, 0) is 4.79 Å². The summed E-state index contributed by atoms with van der Waals surface area (Å²) in [6.45, 7) is 0. The number of phenolic OH excluding ortho intramolecular Hbond substituents is 1. The second kappa shape index (κ2) is 9.63. The van der Waals surface area contributed by atoms with E-state index in [0.29, 0.717) is 16.4 Å². The predicted octanol–water partition coefficient (Wildman–Crippen LogP) is 5.33. The third-order valence-corrected chi connectivity index (χ3v) is 5.73. The number of nitrogens with zero attached hydrogens (tertiary/aromatic N) is 3. The van der Waals surface area contributed by atoms with Gasteiger partial charge in [0.15, 0.2) is 4.32 Å². The Morgan fingerprint density at radius 3 is 2.58 bits per heavy atom. The average Bonchev–Trinajstić information content (AvgIpc) is 3.06. The SMILES string of the molecule is O=C1/C(=C/c2cccc(Oc3ccccc3)c2)SC(=S)N1/N=C\c1cc([N+](=O)[O-])ccc1O. The molecule has 1 N–H and O–H groups in total. The van der Waals surface area contributed by atoms with Gasteiger partial charge in [-0.3, -0.25) is 14.9 Å². The fourth-order valence-corrected chi connectivity index (χ4v) is 4.05. The number of carbonyl (C=O) groups excluding carboxylic acids is 1. The lowest BCUT2D eigenvalue weighted by Gasteiger charge is -2.07. The van der Waals surface area contributed by atoms with Gasteiger partial charge >= 0.3 is 0 Å². The molecule has 0 aliphatic carbocycles. The summed E-state index contributed by atoms with van der Waals surface area (Å²) < 4.78 is 6.02. The molecule has 4 rings (SSSR count). The number of aromatic hydroxyl groups is 1. The zero-order chi connectivity index (χ0) is 23.4. The predicted molar refractivity (Wildman–Crippen MR) is 130 cm³/mol. The number of thiocarbonyl (C=S) groups is 1. The minimum absolute atomic E-state index is 0.0907. The number of nitro benzene ring substituents is 1. The number of hydrogen-bond donors (Lipinski definition) is 1. The first-order valence-corrected chi connectivity index (χ1v) is 10.8. The summed E-state index contributed by atoms with van der Waals surface area (Å²) in [5.74, 6) is 0.658. The molecule has 0 bridgehead atoms. The molecule has 10 heteroatoms. The number of amides is 1. The maximum Gasteiger partial charge on any atom is 0.286 e. The molecule has 3 aromatic rings. The first kappa shape index (κ1) is 22.2. The standard InChI is InChI=1S/C23H15N3O5S2/c27-20-10-9-17(26(29)30)13-16(20)14-24-25-22(28)21(33-23(25)32)12-15-5-4-8-19(11-15)31-18-6-2-1-3-7-18/h1-14,27H/b21-12-,24-14-. The summed E-state index contributed by atoms with van der Waals surface area (Å²) in [6, 6.07) is 20.1. The molecule has 3 aromatic carbocycles. The molecule has 1 fully saturated rings. The molecule has 33 heavy (non-hydrogen) atoms. The van der Waals surface area contributed by atoms with E-state index < -0.39 is 10.8 Å². The minimum Gasteiger partial charge on any atom is -0.507 e. The Hall–Kier alpha value is -4.02. The van der Waals surface area contributed by atoms with Gasteiger partial charge in [-0.05, 0) is 54.2 Å². The number of para-hydroxylation sites is 1. The Labute approximate surface area is 198 Å². The lowest BCUT2D eigenvalue weighted by atomic mass is 10.2. The van der Waals surface area contributed by atoms with Crippen molar-refractivity contribution in [3.8, 4) is 17.2 Å². The van der Waals surface area contributed by atoms with Crippen LogP contribution in [0.5, 0.6) is 17.2 Å². The maximum atomic E-state index is 12.8. The molecule has 0 aromatic heterocycles. The third kappa shape index (κ3) is 5.25. The molecule has 1 saturated heterocycles. The third-order valence-electron chi connectivity index (χ3n) is 4.44. The van der Waals surface area contributed by atoms with Crippen molar-refractivity contribution < 1.29 is 19.6 Å². The zero-order valence-electron chi connectivity index (χ0n) is 16.8. The molecule has 0 radical (unpaired) electrons. The van der Waals surface area contributed by atoms with Crippen molar-refractivity contribution in [3.05, 3.63) is 98.9 Å². The van der Waals surface area contributed by atoms with Gasteiger partial charge in [0.2, 0.25) is 0 Å². The fraction of sp³-hybridized carbons (Fsp3) is 0. The number of phenols is 1.